The first-order valence-corrected chi connectivity index (χ1v) is 7.75. The molecule has 0 aromatic heterocycles. The summed E-state index contributed by atoms with van der Waals surface area (Å²) in [7, 11) is 3.81. The van der Waals surface area contributed by atoms with Crippen molar-refractivity contribution in [2.45, 2.75) is 25.5 Å². The first kappa shape index (κ1) is 17.5. The largest absolute Gasteiger partial charge is 0.591 e. The minimum absolute atomic E-state index is 0.404. The van der Waals surface area contributed by atoms with E-state index in [4.69, 9.17) is 0 Å². The van der Waals surface area contributed by atoms with E-state index in [1.54, 1.807) is 18.3 Å². The van der Waals surface area contributed by atoms with Crippen LogP contribution in [0.3, 0.4) is 0 Å². The van der Waals surface area contributed by atoms with E-state index < -0.39 is 16.1 Å². The molecule has 0 saturated heterocycles. The fraction of sp³-hybridized carbons (Fsp3) is 0.375. The Bertz CT molecular complexity index is 546. The first-order valence-electron chi connectivity index (χ1n) is 6.64. The highest BCUT2D eigenvalue weighted by Crippen LogP contribution is 2.19. The molecular weight excluding hydrogens is 284 g/mol. The van der Waals surface area contributed by atoms with Crippen molar-refractivity contribution in [1.82, 2.24) is 4.90 Å². The van der Waals surface area contributed by atoms with Crippen LogP contribution in [-0.2, 0) is 11.4 Å². The fourth-order valence-electron chi connectivity index (χ4n) is 1.50. The number of carbonyl (C=O) groups excluding carboxylic acids is 1. The van der Waals surface area contributed by atoms with Crippen molar-refractivity contribution in [3.8, 4) is 0 Å². The Balaban J connectivity index is 3.18. The number of hydrogen-bond acceptors (Lipinski definition) is 4. The number of aldehydes is 1. The van der Waals surface area contributed by atoms with Gasteiger partial charge in [-0.15, -0.1) is 0 Å². The summed E-state index contributed by atoms with van der Waals surface area (Å²) in [5.41, 5.74) is 2.13. The number of benzene rings is 1. The van der Waals surface area contributed by atoms with Crippen LogP contribution in [0, 0.1) is 0 Å². The third-order valence-electron chi connectivity index (χ3n) is 2.65. The van der Waals surface area contributed by atoms with Crippen LogP contribution in [0.5, 0.6) is 0 Å². The molecule has 4 nitrogen and oxygen atoms in total. The molecule has 0 aliphatic carbocycles. The van der Waals surface area contributed by atoms with Gasteiger partial charge in [-0.25, -0.2) is 0 Å². The number of hydrogen-bond donors (Lipinski definition) is 0. The lowest BCUT2D eigenvalue weighted by Gasteiger charge is -2.17. The first-order chi connectivity index (χ1) is 9.75. The molecule has 114 valence electrons. The van der Waals surface area contributed by atoms with Crippen molar-refractivity contribution in [2.75, 3.05) is 14.1 Å². The summed E-state index contributed by atoms with van der Waals surface area (Å²) in [6.45, 7) is 5.61. The van der Waals surface area contributed by atoms with Crippen molar-refractivity contribution in [2.24, 2.45) is 4.40 Å². The van der Waals surface area contributed by atoms with Crippen LogP contribution in [0.1, 0.15) is 42.3 Å². The van der Waals surface area contributed by atoms with Crippen LogP contribution >= 0.6 is 0 Å². The SMILES string of the molecule is CN(C)/C=C\c1c(C=O)cccc1C=N[S+]([O-])C(C)(C)C. The lowest BCUT2D eigenvalue weighted by molar-refractivity contribution is 0.112. The van der Waals surface area contributed by atoms with Gasteiger partial charge in [-0.2, -0.15) is 0 Å². The zero-order chi connectivity index (χ0) is 16.0. The van der Waals surface area contributed by atoms with Crippen molar-refractivity contribution in [3.05, 3.63) is 41.1 Å². The molecule has 1 unspecified atom stereocenters. The van der Waals surface area contributed by atoms with Crippen molar-refractivity contribution >= 4 is 29.9 Å². The van der Waals surface area contributed by atoms with E-state index in [9.17, 15) is 9.35 Å². The predicted octanol–water partition coefficient (Wildman–Crippen LogP) is 2.91. The molecule has 0 aliphatic rings. The van der Waals surface area contributed by atoms with Gasteiger partial charge in [-0.1, -0.05) is 22.6 Å². The molecule has 1 atom stereocenters. The molecule has 1 aromatic carbocycles. The third-order valence-corrected chi connectivity index (χ3v) is 4.00. The van der Waals surface area contributed by atoms with Crippen molar-refractivity contribution < 1.29 is 9.35 Å². The Kier molecular flexibility index (Phi) is 6.18. The minimum atomic E-state index is -1.32. The van der Waals surface area contributed by atoms with Gasteiger partial charge < -0.3 is 9.45 Å². The van der Waals surface area contributed by atoms with Gasteiger partial charge in [0.2, 0.25) is 0 Å². The molecule has 0 bridgehead atoms. The molecule has 0 radical (unpaired) electrons. The summed E-state index contributed by atoms with van der Waals surface area (Å²) >= 11 is -1.32. The molecule has 0 N–H and O–H groups in total. The maximum atomic E-state index is 12.0. The maximum Gasteiger partial charge on any atom is 0.150 e. The highest BCUT2D eigenvalue weighted by atomic mass is 32.2. The molecule has 1 rings (SSSR count). The van der Waals surface area contributed by atoms with Crippen LogP contribution < -0.4 is 0 Å². The topological polar surface area (TPSA) is 55.7 Å². The molecule has 0 heterocycles. The summed E-state index contributed by atoms with van der Waals surface area (Å²) in [5, 5.41) is 0. The summed E-state index contributed by atoms with van der Waals surface area (Å²) in [6.07, 6.45) is 6.10. The second kappa shape index (κ2) is 7.43. The van der Waals surface area contributed by atoms with Crippen LogP contribution in [0.15, 0.2) is 28.8 Å². The monoisotopic (exact) mass is 306 g/mol. The second-order valence-electron chi connectivity index (χ2n) is 5.84. The summed E-state index contributed by atoms with van der Waals surface area (Å²) in [4.78, 5) is 13.1. The third kappa shape index (κ3) is 5.36. The fourth-order valence-corrected chi connectivity index (χ4v) is 2.02. The van der Waals surface area contributed by atoms with Gasteiger partial charge in [0, 0.05) is 25.2 Å². The Morgan fingerprint density at radius 3 is 2.38 bits per heavy atom. The standard InChI is InChI=1S/C16H22N2O2S/c1-16(2,3)21(20)17-11-13-7-6-8-14(12-19)15(13)9-10-18(4)5/h6-12H,1-5H3/b10-9-,17-11?. The highest BCUT2D eigenvalue weighted by Gasteiger charge is 2.25. The van der Waals surface area contributed by atoms with E-state index in [1.807, 2.05) is 58.1 Å². The smallest absolute Gasteiger partial charge is 0.150 e. The summed E-state index contributed by atoms with van der Waals surface area (Å²) in [5.74, 6) is 0. The molecule has 0 saturated carbocycles. The van der Waals surface area contributed by atoms with E-state index in [0.29, 0.717) is 5.56 Å². The van der Waals surface area contributed by atoms with E-state index >= 15 is 0 Å². The van der Waals surface area contributed by atoms with E-state index in [0.717, 1.165) is 17.4 Å². The molecular formula is C16H22N2O2S. The van der Waals surface area contributed by atoms with Crippen LogP contribution in [0.2, 0.25) is 0 Å². The molecule has 5 heteroatoms. The van der Waals surface area contributed by atoms with Gasteiger partial charge in [0.15, 0.2) is 6.29 Å². The Morgan fingerprint density at radius 2 is 1.86 bits per heavy atom. The Labute approximate surface area is 129 Å². The highest BCUT2D eigenvalue weighted by molar-refractivity contribution is 7.91. The van der Waals surface area contributed by atoms with Crippen LogP contribution in [0.4, 0.5) is 0 Å². The van der Waals surface area contributed by atoms with Gasteiger partial charge in [0.05, 0.1) is 6.21 Å². The maximum absolute atomic E-state index is 12.0. The van der Waals surface area contributed by atoms with Crippen molar-refractivity contribution in [3.63, 3.8) is 0 Å². The van der Waals surface area contributed by atoms with Crippen LogP contribution in [0.25, 0.3) is 6.08 Å². The summed E-state index contributed by atoms with van der Waals surface area (Å²) < 4.78 is 15.7. The zero-order valence-electron chi connectivity index (χ0n) is 13.2. The molecule has 0 aliphatic heterocycles. The normalized spacial score (nSPS) is 13.8. The summed E-state index contributed by atoms with van der Waals surface area (Å²) in [6, 6.07) is 5.39. The molecule has 1 aromatic rings. The van der Waals surface area contributed by atoms with Gasteiger partial charge >= 0.3 is 0 Å². The van der Waals surface area contributed by atoms with Crippen LogP contribution in [-0.4, -0.2) is 40.8 Å². The van der Waals surface area contributed by atoms with Gasteiger partial charge in [-0.3, -0.25) is 4.79 Å². The van der Waals surface area contributed by atoms with Crippen molar-refractivity contribution in [1.29, 1.82) is 0 Å². The van der Waals surface area contributed by atoms with E-state index in [2.05, 4.69) is 4.40 Å². The van der Waals surface area contributed by atoms with E-state index in [1.165, 1.54) is 0 Å². The average Bonchev–Trinajstić information content (AvgIpc) is 2.41. The predicted molar refractivity (Wildman–Crippen MR) is 90.0 cm³/mol. The lowest BCUT2D eigenvalue weighted by Crippen LogP contribution is -2.25. The van der Waals surface area contributed by atoms with Gasteiger partial charge in [-0.05, 0) is 38.6 Å². The lowest BCUT2D eigenvalue weighted by atomic mass is 10.0. The zero-order valence-corrected chi connectivity index (χ0v) is 14.0. The minimum Gasteiger partial charge on any atom is -0.591 e. The quantitative estimate of drug-likeness (QED) is 0.477. The Morgan fingerprint density at radius 1 is 1.24 bits per heavy atom. The second-order valence-corrected chi connectivity index (χ2v) is 7.78. The molecule has 0 fully saturated rings. The Hall–Kier alpha value is -1.59. The van der Waals surface area contributed by atoms with Gasteiger partial charge in [0.1, 0.15) is 16.1 Å². The average molecular weight is 306 g/mol. The molecule has 0 spiro atoms. The van der Waals surface area contributed by atoms with E-state index in [-0.39, 0.29) is 0 Å². The molecule has 21 heavy (non-hydrogen) atoms. The molecule has 0 amide bonds. The number of nitrogens with zero attached hydrogens (tertiary/aromatic N) is 2. The number of rotatable bonds is 5. The van der Waals surface area contributed by atoms with Gasteiger partial charge in [0.25, 0.3) is 0 Å². The number of carbonyl (C=O) groups is 1.